The molecule has 0 heterocycles. The Morgan fingerprint density at radius 2 is 1.48 bits per heavy atom. The normalized spacial score (nSPS) is 10.9. The second kappa shape index (κ2) is 8.17. The molecule has 0 aliphatic carbocycles. The zero-order chi connectivity index (χ0) is 20.2. The van der Waals surface area contributed by atoms with Gasteiger partial charge in [-0.05, 0) is 24.3 Å². The zero-order valence-corrected chi connectivity index (χ0v) is 14.9. The van der Waals surface area contributed by atoms with Gasteiger partial charge in [-0.2, -0.15) is 13.2 Å². The second-order valence-corrected chi connectivity index (χ2v) is 5.58. The van der Waals surface area contributed by atoms with Gasteiger partial charge < -0.3 is 20.1 Å². The van der Waals surface area contributed by atoms with Crippen molar-refractivity contribution in [3.05, 3.63) is 47.0 Å². The molecule has 0 saturated carbocycles. The largest absolute Gasteiger partial charge is 0.495 e. The highest BCUT2D eigenvalue weighted by Crippen LogP contribution is 2.36. The summed E-state index contributed by atoms with van der Waals surface area (Å²) in [5.74, 6) is -1.70. The molecule has 0 aromatic heterocycles. The summed E-state index contributed by atoms with van der Waals surface area (Å²) in [5.41, 5.74) is -0.710. The van der Waals surface area contributed by atoms with E-state index >= 15 is 0 Å². The number of hydrogen-bond donors (Lipinski definition) is 2. The Balaban J connectivity index is 2.11. The minimum absolute atomic E-state index is 0.0313. The van der Waals surface area contributed by atoms with Crippen molar-refractivity contribution in [3.8, 4) is 11.5 Å². The van der Waals surface area contributed by atoms with Crippen LogP contribution in [0.25, 0.3) is 0 Å². The van der Waals surface area contributed by atoms with Gasteiger partial charge in [0, 0.05) is 17.8 Å². The molecule has 2 aromatic rings. The predicted octanol–water partition coefficient (Wildman–Crippen LogP) is 3.95. The number of alkyl halides is 3. The molecule has 6 nitrogen and oxygen atoms in total. The number of halogens is 4. The summed E-state index contributed by atoms with van der Waals surface area (Å²) in [6, 6.07) is 6.43. The molecule has 10 heteroatoms. The molecule has 0 aliphatic heterocycles. The molecule has 0 aliphatic rings. The molecule has 0 unspecified atom stereocenters. The summed E-state index contributed by atoms with van der Waals surface area (Å²) in [6.07, 6.45) is -4.50. The molecular weight excluding hydrogens is 389 g/mol. The van der Waals surface area contributed by atoms with E-state index in [1.54, 1.807) is 0 Å². The van der Waals surface area contributed by atoms with E-state index < -0.39 is 23.6 Å². The van der Waals surface area contributed by atoms with E-state index in [4.69, 9.17) is 21.1 Å². The van der Waals surface area contributed by atoms with Gasteiger partial charge in [0.2, 0.25) is 0 Å². The maximum absolute atomic E-state index is 12.5. The monoisotopic (exact) mass is 402 g/mol. The van der Waals surface area contributed by atoms with Crippen molar-refractivity contribution in [2.75, 3.05) is 24.9 Å². The van der Waals surface area contributed by atoms with Crippen molar-refractivity contribution in [2.45, 2.75) is 6.18 Å². The summed E-state index contributed by atoms with van der Waals surface area (Å²) in [5, 5.41) is 4.76. The van der Waals surface area contributed by atoms with Crippen molar-refractivity contribution in [2.24, 2.45) is 0 Å². The van der Waals surface area contributed by atoms with Gasteiger partial charge in [0.15, 0.2) is 0 Å². The van der Waals surface area contributed by atoms with E-state index in [9.17, 15) is 22.8 Å². The predicted molar refractivity (Wildman–Crippen MR) is 93.3 cm³/mol. The minimum atomic E-state index is -4.50. The smallest absolute Gasteiger partial charge is 0.416 e. The summed E-state index contributed by atoms with van der Waals surface area (Å²) >= 11 is 5.95. The van der Waals surface area contributed by atoms with E-state index in [-0.39, 0.29) is 27.9 Å². The Hall–Kier alpha value is -2.94. The van der Waals surface area contributed by atoms with Crippen LogP contribution >= 0.6 is 11.6 Å². The Labute approximate surface area is 157 Å². The summed E-state index contributed by atoms with van der Waals surface area (Å²) < 4.78 is 47.7. The molecule has 0 fully saturated rings. The van der Waals surface area contributed by atoms with E-state index in [1.165, 1.54) is 26.4 Å². The molecule has 2 amide bonds. The lowest BCUT2D eigenvalue weighted by molar-refractivity contribution is -0.137. The van der Waals surface area contributed by atoms with Crippen LogP contribution in [-0.2, 0) is 15.8 Å². The lowest BCUT2D eigenvalue weighted by Gasteiger charge is -2.13. The molecule has 2 rings (SSSR count). The molecule has 0 atom stereocenters. The van der Waals surface area contributed by atoms with E-state index in [1.807, 2.05) is 0 Å². The Kier molecular flexibility index (Phi) is 6.17. The molecule has 27 heavy (non-hydrogen) atoms. The van der Waals surface area contributed by atoms with Crippen LogP contribution in [0.4, 0.5) is 24.5 Å². The SMILES string of the molecule is COc1cc(NC(=O)C(=O)Nc2ccc(C(F)(F)F)cc2)c(OC)cc1Cl. The van der Waals surface area contributed by atoms with Gasteiger partial charge in [-0.3, -0.25) is 9.59 Å². The minimum Gasteiger partial charge on any atom is -0.495 e. The van der Waals surface area contributed by atoms with Gasteiger partial charge in [-0.1, -0.05) is 11.6 Å². The van der Waals surface area contributed by atoms with E-state index in [2.05, 4.69) is 10.6 Å². The number of hydrogen-bond acceptors (Lipinski definition) is 4. The Morgan fingerprint density at radius 1 is 0.926 bits per heavy atom. The van der Waals surface area contributed by atoms with Crippen molar-refractivity contribution in [3.63, 3.8) is 0 Å². The third-order valence-corrected chi connectivity index (χ3v) is 3.69. The van der Waals surface area contributed by atoms with Gasteiger partial charge >= 0.3 is 18.0 Å². The van der Waals surface area contributed by atoms with Crippen LogP contribution in [0.15, 0.2) is 36.4 Å². The number of anilines is 2. The third kappa shape index (κ3) is 5.04. The van der Waals surface area contributed by atoms with Gasteiger partial charge in [-0.25, -0.2) is 0 Å². The summed E-state index contributed by atoms with van der Waals surface area (Å²) in [4.78, 5) is 24.0. The van der Waals surface area contributed by atoms with Gasteiger partial charge in [0.1, 0.15) is 11.5 Å². The van der Waals surface area contributed by atoms with Crippen LogP contribution in [0.2, 0.25) is 5.02 Å². The van der Waals surface area contributed by atoms with Gasteiger partial charge in [0.25, 0.3) is 0 Å². The van der Waals surface area contributed by atoms with E-state index in [0.717, 1.165) is 24.3 Å². The van der Waals surface area contributed by atoms with Crippen molar-refractivity contribution >= 4 is 34.8 Å². The first-order chi connectivity index (χ1) is 12.7. The molecular formula is C17H14ClF3N2O4. The number of carbonyl (C=O) groups excluding carboxylic acids is 2. The van der Waals surface area contributed by atoms with Crippen LogP contribution in [0, 0.1) is 0 Å². The molecule has 0 bridgehead atoms. The first kappa shape index (κ1) is 20.4. The Bertz CT molecular complexity index is 854. The fourth-order valence-electron chi connectivity index (χ4n) is 2.07. The second-order valence-electron chi connectivity index (χ2n) is 5.17. The van der Waals surface area contributed by atoms with Crippen molar-refractivity contribution in [1.29, 1.82) is 0 Å². The highest BCUT2D eigenvalue weighted by atomic mass is 35.5. The number of methoxy groups -OCH3 is 2. The molecule has 2 N–H and O–H groups in total. The lowest BCUT2D eigenvalue weighted by atomic mass is 10.2. The highest BCUT2D eigenvalue weighted by molar-refractivity contribution is 6.44. The first-order valence-electron chi connectivity index (χ1n) is 7.36. The van der Waals surface area contributed by atoms with Crippen LogP contribution in [0.3, 0.4) is 0 Å². The maximum atomic E-state index is 12.5. The van der Waals surface area contributed by atoms with Crippen LogP contribution < -0.4 is 20.1 Å². The molecule has 144 valence electrons. The summed E-state index contributed by atoms with van der Waals surface area (Å²) in [6.45, 7) is 0. The van der Waals surface area contributed by atoms with E-state index in [0.29, 0.717) is 0 Å². The quantitative estimate of drug-likeness (QED) is 0.759. The zero-order valence-electron chi connectivity index (χ0n) is 14.1. The van der Waals surface area contributed by atoms with Crippen LogP contribution in [0.5, 0.6) is 11.5 Å². The van der Waals surface area contributed by atoms with Gasteiger partial charge in [0.05, 0.1) is 30.5 Å². The number of amides is 2. The maximum Gasteiger partial charge on any atom is 0.416 e. The van der Waals surface area contributed by atoms with Crippen LogP contribution in [-0.4, -0.2) is 26.0 Å². The number of ether oxygens (including phenoxy) is 2. The molecule has 0 spiro atoms. The molecule has 0 saturated heterocycles. The summed E-state index contributed by atoms with van der Waals surface area (Å²) in [7, 11) is 2.71. The standard InChI is InChI=1S/C17H14ClF3N2O4/c1-26-13-8-12(14(27-2)7-11(13)18)23-16(25)15(24)22-10-5-3-9(4-6-10)17(19,20)21/h3-8H,1-2H3,(H,22,24)(H,23,25). The third-order valence-electron chi connectivity index (χ3n) is 3.40. The van der Waals surface area contributed by atoms with Crippen molar-refractivity contribution < 1.29 is 32.2 Å². The fourth-order valence-corrected chi connectivity index (χ4v) is 2.30. The molecule has 2 aromatic carbocycles. The Morgan fingerprint density at radius 3 is 2.00 bits per heavy atom. The lowest BCUT2D eigenvalue weighted by Crippen LogP contribution is -2.29. The fraction of sp³-hybridized carbons (Fsp3) is 0.176. The number of benzene rings is 2. The average Bonchev–Trinajstić information content (AvgIpc) is 2.62. The topological polar surface area (TPSA) is 76.7 Å². The van der Waals surface area contributed by atoms with Crippen molar-refractivity contribution in [1.82, 2.24) is 0 Å². The van der Waals surface area contributed by atoms with Crippen LogP contribution in [0.1, 0.15) is 5.56 Å². The number of nitrogens with one attached hydrogen (secondary N) is 2. The van der Waals surface area contributed by atoms with Gasteiger partial charge in [-0.15, -0.1) is 0 Å². The average molecular weight is 403 g/mol. The number of rotatable bonds is 4. The number of carbonyl (C=O) groups is 2. The highest BCUT2D eigenvalue weighted by Gasteiger charge is 2.30. The molecule has 0 radical (unpaired) electrons. The first-order valence-corrected chi connectivity index (χ1v) is 7.74.